The van der Waals surface area contributed by atoms with E-state index in [1.54, 1.807) is 12.3 Å². The van der Waals surface area contributed by atoms with Crippen molar-refractivity contribution in [2.75, 3.05) is 11.9 Å². The van der Waals surface area contributed by atoms with Crippen LogP contribution in [0.2, 0.25) is 0 Å². The highest BCUT2D eigenvalue weighted by molar-refractivity contribution is 9.09. The summed E-state index contributed by atoms with van der Waals surface area (Å²) in [6.07, 6.45) is 6.63. The van der Waals surface area contributed by atoms with Gasteiger partial charge in [-0.15, -0.1) is 0 Å². The Morgan fingerprint density at radius 2 is 2.22 bits per heavy atom. The number of pyridine rings is 1. The van der Waals surface area contributed by atoms with Gasteiger partial charge in [-0.3, -0.25) is 9.78 Å². The van der Waals surface area contributed by atoms with Gasteiger partial charge >= 0.3 is 0 Å². The van der Waals surface area contributed by atoms with E-state index in [4.69, 9.17) is 0 Å². The number of alkyl halides is 1. The molecule has 1 fully saturated rings. The van der Waals surface area contributed by atoms with Crippen molar-refractivity contribution in [3.8, 4) is 0 Å². The molecule has 0 bridgehead atoms. The van der Waals surface area contributed by atoms with Crippen LogP contribution in [0, 0.1) is 12.3 Å². The van der Waals surface area contributed by atoms with Gasteiger partial charge in [0.15, 0.2) is 0 Å². The van der Waals surface area contributed by atoms with Crippen molar-refractivity contribution in [1.29, 1.82) is 0 Å². The normalized spacial score (nSPS) is 17.7. The maximum atomic E-state index is 12.1. The van der Waals surface area contributed by atoms with Crippen LogP contribution in [0.3, 0.4) is 0 Å². The molecule has 0 radical (unpaired) electrons. The van der Waals surface area contributed by atoms with Crippen LogP contribution in [-0.2, 0) is 0 Å². The van der Waals surface area contributed by atoms with Crippen LogP contribution in [0.25, 0.3) is 0 Å². The lowest BCUT2D eigenvalue weighted by atomic mass is 9.89. The molecule has 4 heteroatoms. The summed E-state index contributed by atoms with van der Waals surface area (Å²) in [7, 11) is 0. The van der Waals surface area contributed by atoms with E-state index in [9.17, 15) is 4.79 Å². The summed E-state index contributed by atoms with van der Waals surface area (Å²) in [6, 6.07) is 3.59. The standard InChI is InChI=1S/C14H19BrN2O/c1-11-8-12(4-7-16-11)13(18)17-10-14(9-15)5-2-3-6-14/h4,7-8H,2-3,5-6,9-10H2,1H3,(H,17,18). The Morgan fingerprint density at radius 1 is 1.50 bits per heavy atom. The van der Waals surface area contributed by atoms with Crippen molar-refractivity contribution < 1.29 is 4.79 Å². The second kappa shape index (κ2) is 5.83. The average Bonchev–Trinajstić information content (AvgIpc) is 2.85. The lowest BCUT2D eigenvalue weighted by Gasteiger charge is -2.26. The van der Waals surface area contributed by atoms with E-state index in [2.05, 4.69) is 26.2 Å². The molecule has 1 heterocycles. The number of hydrogen-bond donors (Lipinski definition) is 1. The van der Waals surface area contributed by atoms with Crippen LogP contribution in [-0.4, -0.2) is 22.8 Å². The molecule has 98 valence electrons. The van der Waals surface area contributed by atoms with Crippen LogP contribution < -0.4 is 5.32 Å². The maximum absolute atomic E-state index is 12.1. The highest BCUT2D eigenvalue weighted by Crippen LogP contribution is 2.38. The number of carbonyl (C=O) groups is 1. The number of aryl methyl sites for hydroxylation is 1. The molecule has 0 unspecified atom stereocenters. The zero-order valence-corrected chi connectivity index (χ0v) is 12.3. The molecule has 0 spiro atoms. The summed E-state index contributed by atoms with van der Waals surface area (Å²) in [4.78, 5) is 16.2. The smallest absolute Gasteiger partial charge is 0.251 e. The van der Waals surface area contributed by atoms with Crippen LogP contribution in [0.5, 0.6) is 0 Å². The van der Waals surface area contributed by atoms with Crippen molar-refractivity contribution in [2.45, 2.75) is 32.6 Å². The number of carbonyl (C=O) groups excluding carboxylic acids is 1. The first-order chi connectivity index (χ1) is 8.65. The van der Waals surface area contributed by atoms with E-state index >= 15 is 0 Å². The quantitative estimate of drug-likeness (QED) is 0.868. The van der Waals surface area contributed by atoms with Gasteiger partial charge in [0.2, 0.25) is 0 Å². The largest absolute Gasteiger partial charge is 0.351 e. The lowest BCUT2D eigenvalue weighted by molar-refractivity contribution is 0.0935. The van der Waals surface area contributed by atoms with E-state index in [0.29, 0.717) is 5.56 Å². The van der Waals surface area contributed by atoms with E-state index in [-0.39, 0.29) is 11.3 Å². The van der Waals surface area contributed by atoms with Crippen LogP contribution in [0.1, 0.15) is 41.7 Å². The monoisotopic (exact) mass is 310 g/mol. The van der Waals surface area contributed by atoms with Gasteiger partial charge < -0.3 is 5.32 Å². The van der Waals surface area contributed by atoms with Gasteiger partial charge in [0, 0.05) is 29.3 Å². The molecule has 18 heavy (non-hydrogen) atoms. The van der Waals surface area contributed by atoms with Gasteiger partial charge in [-0.2, -0.15) is 0 Å². The van der Waals surface area contributed by atoms with Gasteiger partial charge in [-0.1, -0.05) is 28.8 Å². The van der Waals surface area contributed by atoms with Gasteiger partial charge in [0.1, 0.15) is 0 Å². The highest BCUT2D eigenvalue weighted by Gasteiger charge is 2.33. The minimum Gasteiger partial charge on any atom is -0.351 e. The molecule has 0 aromatic carbocycles. The number of amides is 1. The molecule has 1 saturated carbocycles. The molecule has 3 nitrogen and oxygen atoms in total. The first-order valence-electron chi connectivity index (χ1n) is 6.42. The zero-order valence-electron chi connectivity index (χ0n) is 10.7. The van der Waals surface area contributed by atoms with E-state index in [0.717, 1.165) is 17.6 Å². The summed E-state index contributed by atoms with van der Waals surface area (Å²) in [5.74, 6) is 0.00715. The molecule has 1 amide bonds. The molecule has 0 atom stereocenters. The van der Waals surface area contributed by atoms with E-state index in [1.165, 1.54) is 25.7 Å². The average molecular weight is 311 g/mol. The summed E-state index contributed by atoms with van der Waals surface area (Å²) < 4.78 is 0. The van der Waals surface area contributed by atoms with Crippen molar-refractivity contribution in [1.82, 2.24) is 10.3 Å². The molecule has 1 aliphatic carbocycles. The number of nitrogens with one attached hydrogen (secondary N) is 1. The third-order valence-electron chi connectivity index (χ3n) is 3.73. The molecule has 1 aromatic heterocycles. The molecule has 2 rings (SSSR count). The SMILES string of the molecule is Cc1cc(C(=O)NCC2(CBr)CCCC2)ccn1. The second-order valence-electron chi connectivity index (χ2n) is 5.21. The minimum absolute atomic E-state index is 0.00715. The Morgan fingerprint density at radius 3 is 2.83 bits per heavy atom. The summed E-state index contributed by atoms with van der Waals surface area (Å²) >= 11 is 3.59. The topological polar surface area (TPSA) is 42.0 Å². The number of halogens is 1. The number of nitrogens with zero attached hydrogens (tertiary/aromatic N) is 1. The first-order valence-corrected chi connectivity index (χ1v) is 7.54. The van der Waals surface area contributed by atoms with Crippen molar-refractivity contribution >= 4 is 21.8 Å². The fourth-order valence-corrected chi connectivity index (χ4v) is 3.30. The van der Waals surface area contributed by atoms with Crippen molar-refractivity contribution in [3.63, 3.8) is 0 Å². The Bertz CT molecular complexity index is 428. The Balaban J connectivity index is 1.96. The maximum Gasteiger partial charge on any atom is 0.251 e. The van der Waals surface area contributed by atoms with Gasteiger partial charge in [0.05, 0.1) is 0 Å². The Hall–Kier alpha value is -0.900. The lowest BCUT2D eigenvalue weighted by Crippen LogP contribution is -2.37. The Kier molecular flexibility index (Phi) is 4.38. The summed E-state index contributed by atoms with van der Waals surface area (Å²) in [6.45, 7) is 2.66. The molecule has 0 aliphatic heterocycles. The molecule has 0 saturated heterocycles. The third-order valence-corrected chi connectivity index (χ3v) is 4.92. The number of aromatic nitrogens is 1. The van der Waals surface area contributed by atoms with Crippen LogP contribution in [0.4, 0.5) is 0 Å². The van der Waals surface area contributed by atoms with Gasteiger partial charge in [-0.05, 0) is 37.3 Å². The second-order valence-corrected chi connectivity index (χ2v) is 5.77. The molecule has 1 aliphatic rings. The third kappa shape index (κ3) is 3.10. The Labute approximate surface area is 117 Å². The predicted molar refractivity (Wildman–Crippen MR) is 76.0 cm³/mol. The molecule has 1 aromatic rings. The molecular formula is C14H19BrN2O. The molecule has 1 N–H and O–H groups in total. The number of rotatable bonds is 4. The number of hydrogen-bond acceptors (Lipinski definition) is 2. The van der Waals surface area contributed by atoms with Crippen molar-refractivity contribution in [3.05, 3.63) is 29.6 Å². The fourth-order valence-electron chi connectivity index (χ4n) is 2.54. The van der Waals surface area contributed by atoms with E-state index < -0.39 is 0 Å². The zero-order chi connectivity index (χ0) is 13.0. The van der Waals surface area contributed by atoms with E-state index in [1.807, 2.05) is 13.0 Å². The first kappa shape index (κ1) is 13.5. The summed E-state index contributed by atoms with van der Waals surface area (Å²) in [5.41, 5.74) is 1.83. The predicted octanol–water partition coefficient (Wildman–Crippen LogP) is 3.08. The van der Waals surface area contributed by atoms with Gasteiger partial charge in [0.25, 0.3) is 5.91 Å². The highest BCUT2D eigenvalue weighted by atomic mass is 79.9. The van der Waals surface area contributed by atoms with Crippen molar-refractivity contribution in [2.24, 2.45) is 5.41 Å². The van der Waals surface area contributed by atoms with Crippen LogP contribution in [0.15, 0.2) is 18.3 Å². The molecular weight excluding hydrogens is 292 g/mol. The van der Waals surface area contributed by atoms with Gasteiger partial charge in [-0.25, -0.2) is 0 Å². The summed E-state index contributed by atoms with van der Waals surface area (Å²) in [5, 5.41) is 4.03. The fraction of sp³-hybridized carbons (Fsp3) is 0.571. The minimum atomic E-state index is 0.00715. The van der Waals surface area contributed by atoms with Crippen LogP contribution >= 0.6 is 15.9 Å².